The van der Waals surface area contributed by atoms with Crippen LogP contribution in [-0.2, 0) is 19.9 Å². The second kappa shape index (κ2) is 8.27. The number of amides is 1. The third-order valence-corrected chi connectivity index (χ3v) is 6.37. The zero-order valence-corrected chi connectivity index (χ0v) is 17.4. The molecule has 0 bridgehead atoms. The molecule has 0 saturated heterocycles. The first kappa shape index (κ1) is 22.5. The van der Waals surface area contributed by atoms with Crippen LogP contribution < -0.4 is 10.0 Å². The lowest BCUT2D eigenvalue weighted by Crippen LogP contribution is -2.30. The second-order valence-corrected chi connectivity index (χ2v) is 10.2. The van der Waals surface area contributed by atoms with Crippen LogP contribution in [0.4, 0.5) is 11.4 Å². The first-order chi connectivity index (χ1) is 13.3. The maximum absolute atomic E-state index is 12.4. The highest BCUT2D eigenvalue weighted by Crippen LogP contribution is 2.22. The Hall–Kier alpha value is -2.83. The molecular formula is C17H19N3O7S2. The lowest BCUT2D eigenvalue weighted by Gasteiger charge is -2.11. The van der Waals surface area contributed by atoms with Gasteiger partial charge in [-0.3, -0.25) is 14.9 Å². The number of sulfonamides is 1. The van der Waals surface area contributed by atoms with Gasteiger partial charge in [0.25, 0.3) is 11.6 Å². The molecule has 0 fully saturated rings. The van der Waals surface area contributed by atoms with Crippen LogP contribution in [0, 0.1) is 10.1 Å². The van der Waals surface area contributed by atoms with Crippen molar-refractivity contribution in [3.05, 3.63) is 58.1 Å². The number of nitro benzene ring substituents is 1. The molecule has 29 heavy (non-hydrogen) atoms. The summed E-state index contributed by atoms with van der Waals surface area (Å²) in [4.78, 5) is 22.3. The van der Waals surface area contributed by atoms with E-state index in [0.717, 1.165) is 24.5 Å². The quantitative estimate of drug-likeness (QED) is 0.492. The van der Waals surface area contributed by atoms with Gasteiger partial charge in [0.1, 0.15) is 0 Å². The first-order valence-corrected chi connectivity index (χ1v) is 11.6. The smallest absolute Gasteiger partial charge is 0.271 e. The van der Waals surface area contributed by atoms with Crippen LogP contribution in [-0.4, -0.2) is 40.0 Å². The predicted molar refractivity (Wildman–Crippen MR) is 106 cm³/mol. The molecule has 2 N–H and O–H groups in total. The zero-order valence-electron chi connectivity index (χ0n) is 15.7. The summed E-state index contributed by atoms with van der Waals surface area (Å²) >= 11 is 0. The summed E-state index contributed by atoms with van der Waals surface area (Å²) in [6, 6.07) is 7.83. The van der Waals surface area contributed by atoms with Crippen LogP contribution in [0.25, 0.3) is 0 Å². The maximum atomic E-state index is 12.4. The monoisotopic (exact) mass is 441 g/mol. The van der Waals surface area contributed by atoms with Crippen molar-refractivity contribution in [1.82, 2.24) is 4.72 Å². The molecule has 10 nitrogen and oxygen atoms in total. The number of nitrogens with one attached hydrogen (secondary N) is 2. The number of carbonyl (C=O) groups excluding carboxylic acids is 1. The van der Waals surface area contributed by atoms with Gasteiger partial charge in [-0.15, -0.1) is 0 Å². The van der Waals surface area contributed by atoms with Crippen molar-refractivity contribution in [3.8, 4) is 0 Å². The number of benzene rings is 2. The van der Waals surface area contributed by atoms with Crippen molar-refractivity contribution in [2.24, 2.45) is 0 Å². The van der Waals surface area contributed by atoms with Crippen molar-refractivity contribution in [2.45, 2.75) is 29.7 Å². The predicted octanol–water partition coefficient (Wildman–Crippen LogP) is 1.94. The summed E-state index contributed by atoms with van der Waals surface area (Å²) < 4.78 is 50.1. The molecule has 0 aromatic heterocycles. The topological polar surface area (TPSA) is 153 Å². The van der Waals surface area contributed by atoms with Crippen molar-refractivity contribution in [2.75, 3.05) is 11.6 Å². The average molecular weight is 441 g/mol. The second-order valence-electron chi connectivity index (χ2n) is 6.50. The lowest BCUT2D eigenvalue weighted by molar-refractivity contribution is -0.385. The minimum absolute atomic E-state index is 0.00101. The van der Waals surface area contributed by atoms with E-state index in [9.17, 15) is 31.7 Å². The molecule has 0 radical (unpaired) electrons. The van der Waals surface area contributed by atoms with Crippen molar-refractivity contribution in [1.29, 1.82) is 0 Å². The number of carbonyl (C=O) groups is 1. The van der Waals surface area contributed by atoms with Gasteiger partial charge in [0.05, 0.1) is 14.7 Å². The third kappa shape index (κ3) is 5.82. The molecule has 0 heterocycles. The van der Waals surface area contributed by atoms with E-state index in [2.05, 4.69) is 10.0 Å². The largest absolute Gasteiger partial charge is 0.322 e. The SMILES string of the molecule is CC(C)NS(=O)(=O)c1ccc(NC(=O)c2cc([N+](=O)[O-])cc(S(C)(=O)=O)c2)cc1. The molecule has 0 spiro atoms. The van der Waals surface area contributed by atoms with Gasteiger partial charge in [-0.1, -0.05) is 0 Å². The van der Waals surface area contributed by atoms with E-state index in [1.165, 1.54) is 24.3 Å². The molecule has 2 rings (SSSR count). The average Bonchev–Trinajstić information content (AvgIpc) is 2.60. The van der Waals surface area contributed by atoms with Crippen LogP contribution in [0.1, 0.15) is 24.2 Å². The van der Waals surface area contributed by atoms with Crippen LogP contribution >= 0.6 is 0 Å². The summed E-state index contributed by atoms with van der Waals surface area (Å²) in [5.41, 5.74) is -0.539. The standard InChI is InChI=1S/C17H19N3O7S2/c1-11(2)19-29(26,27)15-6-4-13(5-7-15)18-17(21)12-8-14(20(22)23)10-16(9-12)28(3,24)25/h4-11,19H,1-3H3,(H,18,21). The molecule has 2 aromatic rings. The third-order valence-electron chi connectivity index (χ3n) is 3.61. The minimum Gasteiger partial charge on any atom is -0.322 e. The van der Waals surface area contributed by atoms with Crippen molar-refractivity contribution >= 4 is 37.1 Å². The molecule has 0 aliphatic heterocycles. The van der Waals surface area contributed by atoms with Gasteiger partial charge < -0.3 is 5.32 Å². The normalized spacial score (nSPS) is 12.0. The molecule has 0 unspecified atom stereocenters. The van der Waals surface area contributed by atoms with Crippen molar-refractivity contribution < 1.29 is 26.6 Å². The molecule has 0 saturated carbocycles. The van der Waals surface area contributed by atoms with Crippen molar-refractivity contribution in [3.63, 3.8) is 0 Å². The molecule has 1 amide bonds. The maximum Gasteiger partial charge on any atom is 0.271 e. The fraction of sp³-hybridized carbons (Fsp3) is 0.235. The van der Waals surface area contributed by atoms with Crippen LogP contribution in [0.2, 0.25) is 0 Å². The van der Waals surface area contributed by atoms with E-state index in [0.29, 0.717) is 0 Å². The summed E-state index contributed by atoms with van der Waals surface area (Å²) in [5, 5.41) is 13.5. The van der Waals surface area contributed by atoms with E-state index in [1.54, 1.807) is 13.8 Å². The van der Waals surface area contributed by atoms with Crippen LogP contribution in [0.5, 0.6) is 0 Å². The molecule has 12 heteroatoms. The van der Waals surface area contributed by atoms with E-state index < -0.39 is 36.4 Å². The van der Waals surface area contributed by atoms with E-state index in [-0.39, 0.29) is 27.1 Å². The molecule has 0 atom stereocenters. The summed E-state index contributed by atoms with van der Waals surface area (Å²) in [7, 11) is -7.48. The Morgan fingerprint density at radius 2 is 1.59 bits per heavy atom. The summed E-state index contributed by atoms with van der Waals surface area (Å²) in [5.74, 6) is -0.783. The van der Waals surface area contributed by atoms with Gasteiger partial charge in [-0.05, 0) is 44.2 Å². The van der Waals surface area contributed by atoms with Gasteiger partial charge in [-0.2, -0.15) is 0 Å². The number of nitro groups is 1. The Morgan fingerprint density at radius 1 is 1.00 bits per heavy atom. The Bertz CT molecular complexity index is 1160. The van der Waals surface area contributed by atoms with Gasteiger partial charge in [0, 0.05) is 35.7 Å². The Kier molecular flexibility index (Phi) is 6.40. The number of anilines is 1. The number of nitrogens with zero attached hydrogens (tertiary/aromatic N) is 1. The highest BCUT2D eigenvalue weighted by atomic mass is 32.2. The lowest BCUT2D eigenvalue weighted by atomic mass is 10.2. The molecule has 156 valence electrons. The summed E-state index contributed by atoms with van der Waals surface area (Å²) in [6.07, 6.45) is 0.873. The van der Waals surface area contributed by atoms with Gasteiger partial charge in [0.15, 0.2) is 9.84 Å². The number of hydrogen-bond donors (Lipinski definition) is 2. The molecule has 0 aliphatic carbocycles. The fourth-order valence-corrected chi connectivity index (χ4v) is 4.26. The Balaban J connectivity index is 2.31. The summed E-state index contributed by atoms with van der Waals surface area (Å²) in [6.45, 7) is 3.35. The van der Waals surface area contributed by atoms with Gasteiger partial charge in [0.2, 0.25) is 10.0 Å². The van der Waals surface area contributed by atoms with E-state index in [4.69, 9.17) is 0 Å². The van der Waals surface area contributed by atoms with Gasteiger partial charge >= 0.3 is 0 Å². The molecule has 0 aliphatic rings. The zero-order chi connectivity index (χ0) is 22.0. The van der Waals surface area contributed by atoms with Crippen LogP contribution in [0.3, 0.4) is 0 Å². The van der Waals surface area contributed by atoms with Crippen LogP contribution in [0.15, 0.2) is 52.3 Å². The number of hydrogen-bond acceptors (Lipinski definition) is 7. The molecule has 2 aromatic carbocycles. The highest BCUT2D eigenvalue weighted by molar-refractivity contribution is 7.90. The first-order valence-electron chi connectivity index (χ1n) is 8.23. The minimum atomic E-state index is -3.78. The number of non-ortho nitro benzene ring substituents is 1. The van der Waals surface area contributed by atoms with E-state index in [1.807, 2.05) is 0 Å². The Morgan fingerprint density at radius 3 is 2.07 bits per heavy atom. The van der Waals surface area contributed by atoms with E-state index >= 15 is 0 Å². The highest BCUT2D eigenvalue weighted by Gasteiger charge is 2.20. The fourth-order valence-electron chi connectivity index (χ4n) is 2.33. The number of sulfone groups is 1. The van der Waals surface area contributed by atoms with Gasteiger partial charge in [-0.25, -0.2) is 21.6 Å². The Labute approximate surface area is 168 Å². The number of rotatable bonds is 7. The molecular weight excluding hydrogens is 422 g/mol.